The maximum absolute atomic E-state index is 12.5. The zero-order chi connectivity index (χ0) is 15.8. The van der Waals surface area contributed by atoms with Crippen LogP contribution in [0.25, 0.3) is 0 Å². The van der Waals surface area contributed by atoms with Gasteiger partial charge in [0.1, 0.15) is 0 Å². The molecule has 3 N–H and O–H groups in total. The van der Waals surface area contributed by atoms with E-state index in [1.54, 1.807) is 0 Å². The third-order valence-corrected chi connectivity index (χ3v) is 4.27. The molecule has 1 aliphatic rings. The predicted octanol–water partition coefficient (Wildman–Crippen LogP) is 1.59. The van der Waals surface area contributed by atoms with Gasteiger partial charge in [-0.3, -0.25) is 4.79 Å². The first-order valence-corrected chi connectivity index (χ1v) is 7.92. The van der Waals surface area contributed by atoms with E-state index in [4.69, 9.17) is 15.2 Å². The Labute approximate surface area is 132 Å². The summed E-state index contributed by atoms with van der Waals surface area (Å²) in [6, 6.07) is 8.11. The molecule has 122 valence electrons. The van der Waals surface area contributed by atoms with Gasteiger partial charge in [-0.05, 0) is 30.9 Å². The van der Waals surface area contributed by atoms with Crippen molar-refractivity contribution in [1.29, 1.82) is 0 Å². The third-order valence-electron chi connectivity index (χ3n) is 4.27. The van der Waals surface area contributed by atoms with Crippen LogP contribution in [0.4, 0.5) is 0 Å². The van der Waals surface area contributed by atoms with Crippen LogP contribution in [0.15, 0.2) is 24.3 Å². The van der Waals surface area contributed by atoms with E-state index in [1.165, 1.54) is 0 Å². The lowest BCUT2D eigenvalue weighted by Crippen LogP contribution is -2.48. The fourth-order valence-electron chi connectivity index (χ4n) is 2.63. The van der Waals surface area contributed by atoms with Crippen LogP contribution in [-0.4, -0.2) is 32.3 Å². The highest BCUT2D eigenvalue weighted by Gasteiger charge is 2.38. The quantitative estimate of drug-likeness (QED) is 0.802. The number of hydrogen-bond donors (Lipinski definition) is 2. The molecule has 22 heavy (non-hydrogen) atoms. The van der Waals surface area contributed by atoms with Crippen molar-refractivity contribution >= 4 is 5.91 Å². The summed E-state index contributed by atoms with van der Waals surface area (Å²) in [5, 5.41) is 3.02. The van der Waals surface area contributed by atoms with Crippen LogP contribution < -0.4 is 11.1 Å². The summed E-state index contributed by atoms with van der Waals surface area (Å²) < 4.78 is 10.7. The monoisotopic (exact) mass is 306 g/mol. The van der Waals surface area contributed by atoms with Crippen molar-refractivity contribution in [1.82, 2.24) is 5.32 Å². The molecule has 2 rings (SSSR count). The first-order valence-electron chi connectivity index (χ1n) is 7.92. The Bertz CT molecular complexity index is 467. The van der Waals surface area contributed by atoms with Crippen LogP contribution in [0.1, 0.15) is 30.9 Å². The molecule has 0 radical (unpaired) electrons. The van der Waals surface area contributed by atoms with E-state index >= 15 is 0 Å². The topological polar surface area (TPSA) is 73.6 Å². The van der Waals surface area contributed by atoms with Crippen LogP contribution in [0, 0.1) is 5.41 Å². The molecule has 1 aliphatic heterocycles. The van der Waals surface area contributed by atoms with Crippen molar-refractivity contribution in [2.45, 2.75) is 32.9 Å². The van der Waals surface area contributed by atoms with E-state index < -0.39 is 5.41 Å². The van der Waals surface area contributed by atoms with Crippen LogP contribution >= 0.6 is 0 Å². The molecule has 5 nitrogen and oxygen atoms in total. The molecule has 1 saturated heterocycles. The first-order chi connectivity index (χ1) is 10.7. The molecule has 1 aromatic rings. The van der Waals surface area contributed by atoms with Crippen LogP contribution in [0.3, 0.4) is 0 Å². The van der Waals surface area contributed by atoms with Crippen LogP contribution in [0.5, 0.6) is 0 Å². The molecular formula is C17H26N2O3. The maximum Gasteiger partial charge on any atom is 0.227 e. The van der Waals surface area contributed by atoms with Gasteiger partial charge in [-0.2, -0.15) is 0 Å². The number of carbonyl (C=O) groups is 1. The van der Waals surface area contributed by atoms with Crippen molar-refractivity contribution in [2.24, 2.45) is 11.1 Å². The van der Waals surface area contributed by atoms with E-state index in [0.29, 0.717) is 52.4 Å². The SMILES string of the molecule is CCOCc1ccc(CNC(=O)C2(CN)CCOCC2)cc1. The van der Waals surface area contributed by atoms with Gasteiger partial charge in [-0.15, -0.1) is 0 Å². The summed E-state index contributed by atoms with van der Waals surface area (Å²) in [7, 11) is 0. The Morgan fingerprint density at radius 1 is 1.27 bits per heavy atom. The molecule has 0 spiro atoms. The largest absolute Gasteiger partial charge is 0.381 e. The van der Waals surface area contributed by atoms with E-state index in [9.17, 15) is 4.79 Å². The molecule has 5 heteroatoms. The Morgan fingerprint density at radius 3 is 2.50 bits per heavy atom. The Kier molecular flexibility index (Phi) is 6.36. The molecular weight excluding hydrogens is 280 g/mol. The second-order valence-corrected chi connectivity index (χ2v) is 5.73. The minimum atomic E-state index is -0.465. The minimum Gasteiger partial charge on any atom is -0.381 e. The summed E-state index contributed by atoms with van der Waals surface area (Å²) in [4.78, 5) is 12.5. The van der Waals surface area contributed by atoms with Gasteiger partial charge in [-0.1, -0.05) is 24.3 Å². The average Bonchev–Trinajstić information content (AvgIpc) is 2.59. The van der Waals surface area contributed by atoms with Gasteiger partial charge in [-0.25, -0.2) is 0 Å². The normalized spacial score (nSPS) is 17.2. The van der Waals surface area contributed by atoms with E-state index in [0.717, 1.165) is 11.1 Å². The Balaban J connectivity index is 1.87. The Morgan fingerprint density at radius 2 is 1.91 bits per heavy atom. The van der Waals surface area contributed by atoms with Gasteiger partial charge in [0, 0.05) is 32.9 Å². The number of hydrogen-bond acceptors (Lipinski definition) is 4. The molecule has 0 unspecified atom stereocenters. The fourth-order valence-corrected chi connectivity index (χ4v) is 2.63. The molecule has 1 aromatic carbocycles. The van der Waals surface area contributed by atoms with Gasteiger partial charge in [0.2, 0.25) is 5.91 Å². The third kappa shape index (κ3) is 4.29. The highest BCUT2D eigenvalue weighted by molar-refractivity contribution is 5.83. The smallest absolute Gasteiger partial charge is 0.227 e. The number of carbonyl (C=O) groups excluding carboxylic acids is 1. The molecule has 0 bridgehead atoms. The summed E-state index contributed by atoms with van der Waals surface area (Å²) in [5.41, 5.74) is 7.59. The van der Waals surface area contributed by atoms with E-state index in [1.807, 2.05) is 31.2 Å². The van der Waals surface area contributed by atoms with Crippen LogP contribution in [0.2, 0.25) is 0 Å². The number of rotatable bonds is 7. The van der Waals surface area contributed by atoms with Crippen molar-refractivity contribution in [3.63, 3.8) is 0 Å². The lowest BCUT2D eigenvalue weighted by Gasteiger charge is -2.34. The number of nitrogens with two attached hydrogens (primary N) is 1. The Hall–Kier alpha value is -1.43. The van der Waals surface area contributed by atoms with Crippen molar-refractivity contribution < 1.29 is 14.3 Å². The summed E-state index contributed by atoms with van der Waals surface area (Å²) in [6.45, 7) is 5.43. The maximum atomic E-state index is 12.5. The standard InChI is InChI=1S/C17H26N2O3/c1-2-21-12-15-5-3-14(4-6-15)11-19-16(20)17(13-18)7-9-22-10-8-17/h3-6H,2,7-13,18H2,1H3,(H,19,20). The van der Waals surface area contributed by atoms with Crippen molar-refractivity contribution in [3.05, 3.63) is 35.4 Å². The second kappa shape index (κ2) is 8.27. The molecule has 0 aliphatic carbocycles. The van der Waals surface area contributed by atoms with Crippen molar-refractivity contribution in [3.8, 4) is 0 Å². The molecule has 0 saturated carbocycles. The molecule has 0 aromatic heterocycles. The molecule has 1 fully saturated rings. The average molecular weight is 306 g/mol. The minimum absolute atomic E-state index is 0.0386. The number of nitrogens with one attached hydrogen (secondary N) is 1. The zero-order valence-electron chi connectivity index (χ0n) is 13.3. The van der Waals surface area contributed by atoms with Gasteiger partial charge in [0.15, 0.2) is 0 Å². The predicted molar refractivity (Wildman–Crippen MR) is 85.2 cm³/mol. The first kappa shape index (κ1) is 16.9. The van der Waals surface area contributed by atoms with Crippen molar-refractivity contribution in [2.75, 3.05) is 26.4 Å². The molecule has 1 heterocycles. The zero-order valence-corrected chi connectivity index (χ0v) is 13.3. The lowest BCUT2D eigenvalue weighted by molar-refractivity contribution is -0.136. The highest BCUT2D eigenvalue weighted by Crippen LogP contribution is 2.29. The van der Waals surface area contributed by atoms with Gasteiger partial charge in [0.25, 0.3) is 0 Å². The number of benzene rings is 1. The molecule has 0 atom stereocenters. The fraction of sp³-hybridized carbons (Fsp3) is 0.588. The number of ether oxygens (including phenoxy) is 2. The molecule has 1 amide bonds. The summed E-state index contributed by atoms with van der Waals surface area (Å²) in [5.74, 6) is 0.0386. The van der Waals surface area contributed by atoms with Gasteiger partial charge in [0.05, 0.1) is 12.0 Å². The second-order valence-electron chi connectivity index (χ2n) is 5.73. The highest BCUT2D eigenvalue weighted by atomic mass is 16.5. The lowest BCUT2D eigenvalue weighted by atomic mass is 9.79. The van der Waals surface area contributed by atoms with Gasteiger partial charge < -0.3 is 20.5 Å². The van der Waals surface area contributed by atoms with E-state index in [-0.39, 0.29) is 5.91 Å². The van der Waals surface area contributed by atoms with Crippen LogP contribution in [-0.2, 0) is 27.4 Å². The number of amides is 1. The van der Waals surface area contributed by atoms with E-state index in [2.05, 4.69) is 5.32 Å². The summed E-state index contributed by atoms with van der Waals surface area (Å²) in [6.07, 6.45) is 1.39. The van der Waals surface area contributed by atoms with Gasteiger partial charge >= 0.3 is 0 Å². The summed E-state index contributed by atoms with van der Waals surface area (Å²) >= 11 is 0.